The summed E-state index contributed by atoms with van der Waals surface area (Å²) in [6.45, 7) is 8.04. The molecular formula is C19H29IN4OS. The monoisotopic (exact) mass is 488 g/mol. The maximum absolute atomic E-state index is 5.18. The van der Waals surface area contributed by atoms with Crippen molar-refractivity contribution < 1.29 is 4.74 Å². The number of halogens is 1. The maximum Gasteiger partial charge on any atom is 0.191 e. The van der Waals surface area contributed by atoms with E-state index in [1.165, 1.54) is 5.56 Å². The van der Waals surface area contributed by atoms with Gasteiger partial charge in [0, 0.05) is 24.4 Å². The quantitative estimate of drug-likeness (QED) is 0.367. The third-order valence-electron chi connectivity index (χ3n) is 3.72. The molecule has 0 amide bonds. The topological polar surface area (TPSA) is 58.5 Å². The lowest BCUT2D eigenvalue weighted by atomic mass is 9.98. The fourth-order valence-electron chi connectivity index (χ4n) is 2.24. The summed E-state index contributed by atoms with van der Waals surface area (Å²) >= 11 is 1.71. The highest BCUT2D eigenvalue weighted by molar-refractivity contribution is 14.0. The SMILES string of the molecule is CN=C(NCCc1ccc(OC)cc1)NCc1csc(C(C)(C)C)n1.I. The molecule has 0 fully saturated rings. The van der Waals surface area contributed by atoms with E-state index >= 15 is 0 Å². The minimum absolute atomic E-state index is 0. The first-order valence-corrected chi connectivity index (χ1v) is 9.32. The third-order valence-corrected chi connectivity index (χ3v) is 5.04. The molecule has 7 heteroatoms. The fourth-order valence-corrected chi connectivity index (χ4v) is 3.15. The average molecular weight is 488 g/mol. The Labute approximate surface area is 177 Å². The van der Waals surface area contributed by atoms with Gasteiger partial charge in [0.2, 0.25) is 0 Å². The van der Waals surface area contributed by atoms with Crippen molar-refractivity contribution in [3.8, 4) is 5.75 Å². The first-order chi connectivity index (χ1) is 11.9. The highest BCUT2D eigenvalue weighted by atomic mass is 127. The number of hydrogen-bond acceptors (Lipinski definition) is 4. The molecule has 0 unspecified atom stereocenters. The van der Waals surface area contributed by atoms with Gasteiger partial charge in [-0.3, -0.25) is 4.99 Å². The first kappa shape index (κ1) is 22.7. The smallest absolute Gasteiger partial charge is 0.191 e. The van der Waals surface area contributed by atoms with Crippen molar-refractivity contribution in [1.29, 1.82) is 0 Å². The van der Waals surface area contributed by atoms with E-state index in [4.69, 9.17) is 9.72 Å². The molecule has 144 valence electrons. The predicted molar refractivity (Wildman–Crippen MR) is 121 cm³/mol. The van der Waals surface area contributed by atoms with Crippen LogP contribution in [0.2, 0.25) is 0 Å². The van der Waals surface area contributed by atoms with Crippen LogP contribution in [-0.4, -0.2) is 31.6 Å². The molecule has 2 aromatic rings. The molecule has 26 heavy (non-hydrogen) atoms. The molecule has 1 aromatic heterocycles. The molecular weight excluding hydrogens is 459 g/mol. The van der Waals surface area contributed by atoms with Crippen LogP contribution in [0.3, 0.4) is 0 Å². The lowest BCUT2D eigenvalue weighted by Gasteiger charge is -2.14. The molecule has 5 nitrogen and oxygen atoms in total. The van der Waals surface area contributed by atoms with Crippen LogP contribution in [0.25, 0.3) is 0 Å². The van der Waals surface area contributed by atoms with Gasteiger partial charge in [-0.15, -0.1) is 35.3 Å². The van der Waals surface area contributed by atoms with Crippen LogP contribution in [0, 0.1) is 0 Å². The predicted octanol–water partition coefficient (Wildman–Crippen LogP) is 3.97. The van der Waals surface area contributed by atoms with Gasteiger partial charge in [-0.25, -0.2) is 4.98 Å². The Morgan fingerprint density at radius 3 is 2.42 bits per heavy atom. The summed E-state index contributed by atoms with van der Waals surface area (Å²) in [5, 5.41) is 9.92. The van der Waals surface area contributed by atoms with Gasteiger partial charge in [0.1, 0.15) is 5.75 Å². The molecule has 0 bridgehead atoms. The highest BCUT2D eigenvalue weighted by Crippen LogP contribution is 2.25. The van der Waals surface area contributed by atoms with E-state index in [0.717, 1.165) is 35.4 Å². The Hall–Kier alpha value is -1.35. The lowest BCUT2D eigenvalue weighted by Crippen LogP contribution is -2.37. The van der Waals surface area contributed by atoms with Crippen LogP contribution in [0.4, 0.5) is 0 Å². The fraction of sp³-hybridized carbons (Fsp3) is 0.474. The normalized spacial score (nSPS) is 11.7. The van der Waals surface area contributed by atoms with Crippen molar-refractivity contribution in [3.63, 3.8) is 0 Å². The Morgan fingerprint density at radius 2 is 1.88 bits per heavy atom. The van der Waals surface area contributed by atoms with E-state index in [2.05, 4.69) is 53.9 Å². The minimum atomic E-state index is 0. The van der Waals surface area contributed by atoms with Crippen LogP contribution in [0.1, 0.15) is 37.0 Å². The van der Waals surface area contributed by atoms with Gasteiger partial charge < -0.3 is 15.4 Å². The van der Waals surface area contributed by atoms with Gasteiger partial charge >= 0.3 is 0 Å². The molecule has 0 atom stereocenters. The first-order valence-electron chi connectivity index (χ1n) is 8.44. The summed E-state index contributed by atoms with van der Waals surface area (Å²) in [6, 6.07) is 8.13. The van der Waals surface area contributed by atoms with Crippen molar-refractivity contribution in [2.75, 3.05) is 20.7 Å². The molecule has 2 N–H and O–H groups in total. The number of aromatic nitrogens is 1. The molecule has 0 spiro atoms. The van der Waals surface area contributed by atoms with Crippen LogP contribution in [0.5, 0.6) is 5.75 Å². The standard InChI is InChI=1S/C19H28N4OS.HI/c1-19(2,3)17-23-15(13-25-17)12-22-18(20-4)21-11-10-14-6-8-16(24-5)9-7-14;/h6-9,13H,10-12H2,1-5H3,(H2,20,21,22);1H. The number of thiazole rings is 1. The van der Waals surface area contributed by atoms with E-state index in [1.807, 2.05) is 12.1 Å². The third kappa shape index (κ3) is 7.11. The Balaban J connectivity index is 0.00000338. The second-order valence-corrected chi connectivity index (χ2v) is 7.70. The van der Waals surface area contributed by atoms with Gasteiger partial charge in [0.05, 0.1) is 24.4 Å². The molecule has 1 aromatic carbocycles. The Morgan fingerprint density at radius 1 is 1.19 bits per heavy atom. The van der Waals surface area contributed by atoms with Gasteiger partial charge in [0.25, 0.3) is 0 Å². The number of benzene rings is 1. The van der Waals surface area contributed by atoms with Crippen molar-refractivity contribution in [1.82, 2.24) is 15.6 Å². The number of methoxy groups -OCH3 is 1. The summed E-state index contributed by atoms with van der Waals surface area (Å²) in [6.07, 6.45) is 0.926. The number of rotatable bonds is 6. The molecule has 0 aliphatic carbocycles. The van der Waals surface area contributed by atoms with Crippen LogP contribution < -0.4 is 15.4 Å². The number of hydrogen-bond donors (Lipinski definition) is 2. The zero-order chi connectivity index (χ0) is 18.3. The molecule has 0 aliphatic rings. The van der Waals surface area contributed by atoms with E-state index in [-0.39, 0.29) is 29.4 Å². The largest absolute Gasteiger partial charge is 0.497 e. The van der Waals surface area contributed by atoms with Crippen LogP contribution in [0.15, 0.2) is 34.6 Å². The number of nitrogens with zero attached hydrogens (tertiary/aromatic N) is 2. The zero-order valence-electron chi connectivity index (χ0n) is 16.1. The van der Waals surface area contributed by atoms with Crippen molar-refractivity contribution in [2.45, 2.75) is 39.2 Å². The van der Waals surface area contributed by atoms with E-state index in [1.54, 1.807) is 25.5 Å². The number of nitrogens with one attached hydrogen (secondary N) is 2. The van der Waals surface area contributed by atoms with Crippen molar-refractivity contribution in [3.05, 3.63) is 45.9 Å². The number of guanidine groups is 1. The molecule has 0 radical (unpaired) electrons. The second-order valence-electron chi connectivity index (χ2n) is 6.84. The van der Waals surface area contributed by atoms with E-state index < -0.39 is 0 Å². The van der Waals surface area contributed by atoms with Gasteiger partial charge in [-0.1, -0.05) is 32.9 Å². The van der Waals surface area contributed by atoms with Crippen LogP contribution in [-0.2, 0) is 18.4 Å². The molecule has 0 aliphatic heterocycles. The van der Waals surface area contributed by atoms with E-state index in [9.17, 15) is 0 Å². The van der Waals surface area contributed by atoms with Crippen molar-refractivity contribution >= 4 is 41.3 Å². The Bertz CT molecular complexity index is 692. The summed E-state index contributed by atoms with van der Waals surface area (Å²) in [7, 11) is 3.46. The number of ether oxygens (including phenoxy) is 1. The zero-order valence-corrected chi connectivity index (χ0v) is 19.3. The highest BCUT2D eigenvalue weighted by Gasteiger charge is 2.17. The van der Waals surface area contributed by atoms with Crippen molar-refractivity contribution in [2.24, 2.45) is 4.99 Å². The van der Waals surface area contributed by atoms with E-state index in [0.29, 0.717) is 6.54 Å². The molecule has 0 saturated heterocycles. The molecule has 2 rings (SSSR count). The second kappa shape index (κ2) is 10.7. The molecule has 1 heterocycles. The average Bonchev–Trinajstić information content (AvgIpc) is 3.08. The Kier molecular flexibility index (Phi) is 9.35. The van der Waals surface area contributed by atoms with Crippen LogP contribution >= 0.6 is 35.3 Å². The minimum Gasteiger partial charge on any atom is -0.497 e. The van der Waals surface area contributed by atoms with Gasteiger partial charge in [-0.05, 0) is 24.1 Å². The molecule has 0 saturated carbocycles. The lowest BCUT2D eigenvalue weighted by molar-refractivity contribution is 0.414. The summed E-state index contributed by atoms with van der Waals surface area (Å²) < 4.78 is 5.18. The summed E-state index contributed by atoms with van der Waals surface area (Å²) in [4.78, 5) is 8.96. The van der Waals surface area contributed by atoms with Gasteiger partial charge in [-0.2, -0.15) is 0 Å². The maximum atomic E-state index is 5.18. The number of aliphatic imine (C=N–C) groups is 1. The summed E-state index contributed by atoms with van der Waals surface area (Å²) in [5.41, 5.74) is 2.41. The summed E-state index contributed by atoms with van der Waals surface area (Å²) in [5.74, 6) is 1.67. The van der Waals surface area contributed by atoms with Gasteiger partial charge in [0.15, 0.2) is 5.96 Å².